The molecule has 0 aliphatic carbocycles. The second kappa shape index (κ2) is 4.89. The highest BCUT2D eigenvalue weighted by Gasteiger charge is 2.20. The fraction of sp³-hybridized carbons (Fsp3) is 0. The monoisotopic (exact) mass is 315 g/mol. The van der Waals surface area contributed by atoms with Gasteiger partial charge in [-0.2, -0.15) is 0 Å². The Morgan fingerprint density at radius 3 is 2.22 bits per heavy atom. The Morgan fingerprint density at radius 1 is 1.06 bits per heavy atom. The second-order valence-electron chi connectivity index (χ2n) is 3.47. The first-order valence-electron chi connectivity index (χ1n) is 4.79. The molecule has 0 aliphatic rings. The lowest BCUT2D eigenvalue weighted by Crippen LogP contribution is -2.08. The number of hydrogen-bond donors (Lipinski definition) is 0. The van der Waals surface area contributed by atoms with Gasteiger partial charge in [0, 0.05) is 34.6 Å². The average Bonchev–Trinajstić information content (AvgIpc) is 2.27. The molecule has 2 nitrogen and oxygen atoms in total. The first-order chi connectivity index (χ1) is 8.49. The van der Waals surface area contributed by atoms with Crippen LogP contribution in [0.5, 0.6) is 0 Å². The van der Waals surface area contributed by atoms with E-state index in [4.69, 9.17) is 0 Å². The van der Waals surface area contributed by atoms with Gasteiger partial charge in [-0.05, 0) is 22.0 Å². The maximum absolute atomic E-state index is 13.4. The molecule has 0 atom stereocenters. The molecule has 18 heavy (non-hydrogen) atoms. The van der Waals surface area contributed by atoms with E-state index in [1.165, 1.54) is 18.5 Å². The van der Waals surface area contributed by atoms with Crippen LogP contribution in [0.3, 0.4) is 0 Å². The van der Waals surface area contributed by atoms with E-state index in [-0.39, 0.29) is 5.56 Å². The molecule has 1 heterocycles. The lowest BCUT2D eigenvalue weighted by atomic mass is 10.0. The predicted octanol–water partition coefficient (Wildman–Crippen LogP) is 3.49. The summed E-state index contributed by atoms with van der Waals surface area (Å²) in [5.74, 6) is -4.44. The van der Waals surface area contributed by atoms with Crippen molar-refractivity contribution >= 4 is 21.7 Å². The quantitative estimate of drug-likeness (QED) is 0.794. The van der Waals surface area contributed by atoms with Gasteiger partial charge in [-0.25, -0.2) is 13.2 Å². The van der Waals surface area contributed by atoms with E-state index in [9.17, 15) is 18.0 Å². The van der Waals surface area contributed by atoms with Crippen LogP contribution in [-0.4, -0.2) is 10.8 Å². The highest BCUT2D eigenvalue weighted by atomic mass is 79.9. The van der Waals surface area contributed by atoms with E-state index < -0.39 is 28.8 Å². The van der Waals surface area contributed by atoms with Crippen molar-refractivity contribution < 1.29 is 18.0 Å². The molecule has 6 heteroatoms. The van der Waals surface area contributed by atoms with E-state index in [2.05, 4.69) is 20.9 Å². The minimum absolute atomic E-state index is 0.00813. The summed E-state index contributed by atoms with van der Waals surface area (Å²) < 4.78 is 40.1. The number of pyridine rings is 1. The lowest BCUT2D eigenvalue weighted by molar-refractivity contribution is 0.103. The van der Waals surface area contributed by atoms with Crippen molar-refractivity contribution in [3.63, 3.8) is 0 Å². The number of aromatic nitrogens is 1. The van der Waals surface area contributed by atoms with Crippen molar-refractivity contribution in [2.24, 2.45) is 0 Å². The second-order valence-corrected chi connectivity index (χ2v) is 4.38. The third-order valence-corrected chi connectivity index (χ3v) is 2.63. The van der Waals surface area contributed by atoms with Crippen LogP contribution < -0.4 is 0 Å². The number of rotatable bonds is 2. The summed E-state index contributed by atoms with van der Waals surface area (Å²) in [4.78, 5) is 15.6. The van der Waals surface area contributed by atoms with Gasteiger partial charge in [0.1, 0.15) is 17.5 Å². The first-order valence-corrected chi connectivity index (χ1v) is 5.58. The van der Waals surface area contributed by atoms with Crippen LogP contribution in [0.15, 0.2) is 35.1 Å². The topological polar surface area (TPSA) is 30.0 Å². The van der Waals surface area contributed by atoms with Crippen LogP contribution in [0.1, 0.15) is 15.9 Å². The maximum atomic E-state index is 13.4. The Kier molecular flexibility index (Phi) is 3.47. The number of carbonyl (C=O) groups excluding carboxylic acids is 1. The fourth-order valence-electron chi connectivity index (χ4n) is 1.44. The zero-order valence-electron chi connectivity index (χ0n) is 8.75. The number of ketones is 1. The minimum atomic E-state index is -1.24. The van der Waals surface area contributed by atoms with Crippen LogP contribution >= 0.6 is 15.9 Å². The number of benzene rings is 1. The zero-order valence-corrected chi connectivity index (χ0v) is 10.3. The van der Waals surface area contributed by atoms with E-state index in [1.807, 2.05) is 0 Å². The largest absolute Gasteiger partial charge is 0.288 e. The fourth-order valence-corrected chi connectivity index (χ4v) is 1.80. The summed E-state index contributed by atoms with van der Waals surface area (Å²) in [6.07, 6.45) is 2.60. The van der Waals surface area contributed by atoms with Crippen LogP contribution in [0.25, 0.3) is 0 Å². The Labute approximate surface area is 109 Å². The standard InChI is InChI=1S/C12H5BrF3NO/c13-7-1-6(4-17-5-7)12(18)11-9(15)2-8(14)3-10(11)16/h1-5H. The van der Waals surface area contributed by atoms with Gasteiger partial charge in [0.05, 0.1) is 5.56 Å². The maximum Gasteiger partial charge on any atom is 0.200 e. The van der Waals surface area contributed by atoms with Gasteiger partial charge >= 0.3 is 0 Å². The third-order valence-electron chi connectivity index (χ3n) is 2.20. The van der Waals surface area contributed by atoms with Crippen molar-refractivity contribution in [2.45, 2.75) is 0 Å². The van der Waals surface area contributed by atoms with Gasteiger partial charge in [-0.3, -0.25) is 9.78 Å². The van der Waals surface area contributed by atoms with E-state index >= 15 is 0 Å². The Bertz CT molecular complexity index is 607. The zero-order chi connectivity index (χ0) is 13.3. The Balaban J connectivity index is 2.53. The van der Waals surface area contributed by atoms with Gasteiger partial charge in [0.15, 0.2) is 0 Å². The normalized spacial score (nSPS) is 10.4. The van der Waals surface area contributed by atoms with Gasteiger partial charge in [-0.1, -0.05) is 0 Å². The molecular weight excluding hydrogens is 311 g/mol. The molecule has 0 fully saturated rings. The van der Waals surface area contributed by atoms with E-state index in [0.717, 1.165) is 0 Å². The Morgan fingerprint density at radius 2 is 1.67 bits per heavy atom. The Hall–Kier alpha value is -1.69. The minimum Gasteiger partial charge on any atom is -0.288 e. The number of carbonyl (C=O) groups is 1. The number of hydrogen-bond acceptors (Lipinski definition) is 2. The molecule has 0 N–H and O–H groups in total. The summed E-state index contributed by atoms with van der Waals surface area (Å²) in [5.41, 5.74) is -0.787. The van der Waals surface area contributed by atoms with Crippen molar-refractivity contribution in [1.82, 2.24) is 4.98 Å². The SMILES string of the molecule is O=C(c1cncc(Br)c1)c1c(F)cc(F)cc1F. The molecule has 1 aromatic heterocycles. The van der Waals surface area contributed by atoms with Crippen LogP contribution in [-0.2, 0) is 0 Å². The first kappa shape index (κ1) is 12.8. The summed E-state index contributed by atoms with van der Waals surface area (Å²) >= 11 is 3.09. The van der Waals surface area contributed by atoms with Gasteiger partial charge in [-0.15, -0.1) is 0 Å². The summed E-state index contributed by atoms with van der Waals surface area (Å²) in [6.45, 7) is 0. The van der Waals surface area contributed by atoms with E-state index in [1.54, 1.807) is 0 Å². The number of halogens is 4. The summed E-state index contributed by atoms with van der Waals surface area (Å²) in [6, 6.07) is 2.29. The molecule has 0 bridgehead atoms. The summed E-state index contributed by atoms with van der Waals surface area (Å²) in [5, 5.41) is 0. The molecule has 2 rings (SSSR count). The number of nitrogens with zero attached hydrogens (tertiary/aromatic N) is 1. The van der Waals surface area contributed by atoms with Crippen LogP contribution in [0.4, 0.5) is 13.2 Å². The molecule has 2 aromatic rings. The van der Waals surface area contributed by atoms with Crippen LogP contribution in [0.2, 0.25) is 0 Å². The average molecular weight is 316 g/mol. The third kappa shape index (κ3) is 2.43. The summed E-state index contributed by atoms with van der Waals surface area (Å²) in [7, 11) is 0. The van der Waals surface area contributed by atoms with Gasteiger partial charge in [0.25, 0.3) is 0 Å². The molecule has 0 radical (unpaired) electrons. The lowest BCUT2D eigenvalue weighted by Gasteiger charge is -2.04. The van der Waals surface area contributed by atoms with Crippen molar-refractivity contribution in [3.05, 3.63) is 63.6 Å². The van der Waals surface area contributed by atoms with Crippen molar-refractivity contribution in [1.29, 1.82) is 0 Å². The molecule has 0 spiro atoms. The smallest absolute Gasteiger partial charge is 0.200 e. The van der Waals surface area contributed by atoms with Crippen molar-refractivity contribution in [2.75, 3.05) is 0 Å². The molecule has 0 aliphatic heterocycles. The molecule has 0 unspecified atom stereocenters. The predicted molar refractivity (Wildman–Crippen MR) is 61.7 cm³/mol. The van der Waals surface area contributed by atoms with Gasteiger partial charge in [0.2, 0.25) is 5.78 Å². The molecule has 0 saturated heterocycles. The highest BCUT2D eigenvalue weighted by Crippen LogP contribution is 2.20. The molecule has 0 amide bonds. The molecule has 0 saturated carbocycles. The van der Waals surface area contributed by atoms with Crippen LogP contribution in [0, 0.1) is 17.5 Å². The molecule has 1 aromatic carbocycles. The molecule has 92 valence electrons. The van der Waals surface area contributed by atoms with Gasteiger partial charge < -0.3 is 0 Å². The van der Waals surface area contributed by atoms with E-state index in [0.29, 0.717) is 16.6 Å². The highest BCUT2D eigenvalue weighted by molar-refractivity contribution is 9.10. The van der Waals surface area contributed by atoms with Crippen molar-refractivity contribution in [3.8, 4) is 0 Å². The molecular formula is C12H5BrF3NO.